The number of ether oxygens (including phenoxy) is 4. The second-order valence-corrected chi connectivity index (χ2v) is 46.8. The van der Waals surface area contributed by atoms with Crippen LogP contribution in [0.15, 0.2) is 211 Å². The van der Waals surface area contributed by atoms with Gasteiger partial charge in [-0.15, -0.1) is 0 Å². The van der Waals surface area contributed by atoms with Gasteiger partial charge in [0, 0.05) is 19.1 Å². The second kappa shape index (κ2) is 50.1. The highest BCUT2D eigenvalue weighted by Crippen LogP contribution is 2.55. The molecule has 9 saturated carbocycles. The van der Waals surface area contributed by atoms with E-state index in [0.717, 1.165) is 135 Å². The van der Waals surface area contributed by atoms with E-state index >= 15 is 0 Å². The Labute approximate surface area is 819 Å². The molecule has 0 spiro atoms. The number of methoxy groups -OCH3 is 4. The fourth-order valence-electron chi connectivity index (χ4n) is 23.8. The molecular weight excluding hydrogens is 1760 g/mol. The lowest BCUT2D eigenvalue weighted by Gasteiger charge is -2.33. The quantitative estimate of drug-likeness (QED) is 0.0339. The van der Waals surface area contributed by atoms with Crippen molar-refractivity contribution in [2.24, 2.45) is 0 Å². The van der Waals surface area contributed by atoms with Crippen LogP contribution >= 0.6 is 0 Å². The number of aryl methyl sites for hydroxylation is 2. The average Bonchev–Trinajstić information content (AvgIpc) is 0.730. The highest BCUT2D eigenvalue weighted by atomic mass is 32.2. The molecule has 9 fully saturated rings. The Morgan fingerprint density at radius 1 is 0.265 bits per heavy atom. The number of hydrogen-bond donors (Lipinski definition) is 0. The van der Waals surface area contributed by atoms with E-state index in [0.29, 0.717) is 36.8 Å². The van der Waals surface area contributed by atoms with E-state index in [4.69, 9.17) is 23.1 Å². The third kappa shape index (κ3) is 26.7. The third-order valence-electron chi connectivity index (χ3n) is 31.7. The molecule has 0 bridgehead atoms. The molecule has 9 aromatic carbocycles. The molecule has 0 radical (unpaired) electrons. The zero-order chi connectivity index (χ0) is 95.8. The molecule has 0 N–H and O–H groups in total. The molecular formula is C120H156F6O7S3+2. The summed E-state index contributed by atoms with van der Waals surface area (Å²) in [6.07, 6.45) is 56.9. The predicted molar refractivity (Wildman–Crippen MR) is 550 cm³/mol. The van der Waals surface area contributed by atoms with Crippen LogP contribution in [0.3, 0.4) is 0 Å². The van der Waals surface area contributed by atoms with Gasteiger partial charge in [-0.2, -0.15) is 34.8 Å². The van der Waals surface area contributed by atoms with Crippen molar-refractivity contribution in [3.8, 4) is 28.7 Å². The van der Waals surface area contributed by atoms with Crippen molar-refractivity contribution in [1.82, 2.24) is 0 Å². The third-order valence-corrected chi connectivity index (χ3v) is 37.4. The van der Waals surface area contributed by atoms with Crippen LogP contribution in [0.1, 0.15) is 421 Å². The average molecular weight is 1920 g/mol. The Kier molecular flexibility index (Phi) is 38.3. The summed E-state index contributed by atoms with van der Waals surface area (Å²) in [7, 11) is -0.0473. The number of hydrogen-bond acceptors (Lipinski definition) is 7. The van der Waals surface area contributed by atoms with Gasteiger partial charge in [0.25, 0.3) is 0 Å². The van der Waals surface area contributed by atoms with E-state index < -0.39 is 34.1 Å². The maximum atomic E-state index is 14.7. The van der Waals surface area contributed by atoms with Gasteiger partial charge >= 0.3 is 27.2 Å². The molecule has 7 nitrogen and oxygen atoms in total. The monoisotopic (exact) mass is 1920 g/mol. The number of benzene rings is 9. The van der Waals surface area contributed by atoms with Gasteiger partial charge in [0.1, 0.15) is 28.7 Å². The fourth-order valence-corrected chi connectivity index (χ4v) is 29.1. The number of halogens is 6. The molecule has 18 rings (SSSR count). The first kappa shape index (κ1) is 104. The van der Waals surface area contributed by atoms with Crippen LogP contribution in [-0.4, -0.2) is 54.0 Å². The van der Waals surface area contributed by atoms with Gasteiger partial charge in [-0.1, -0.05) is 252 Å². The summed E-state index contributed by atoms with van der Waals surface area (Å²) >= 11 is 0. The smallest absolute Gasteiger partial charge is 0.449 e. The Balaban J connectivity index is 0.000000138. The topological polar surface area (TPSA) is 80.3 Å². The summed E-state index contributed by atoms with van der Waals surface area (Å²) in [5.41, 5.74) is 18.3. The van der Waals surface area contributed by atoms with Crippen LogP contribution in [0.25, 0.3) is 0 Å². The minimum atomic E-state index is -6.48. The van der Waals surface area contributed by atoms with Gasteiger partial charge in [-0.05, 0) is 360 Å². The molecule has 9 aromatic rings. The molecule has 0 unspecified atom stereocenters. The Bertz CT molecular complexity index is 4990. The van der Waals surface area contributed by atoms with Crippen LogP contribution in [0.2, 0.25) is 0 Å². The Hall–Kier alpha value is -7.79. The van der Waals surface area contributed by atoms with Gasteiger partial charge in [0.15, 0.2) is 29.4 Å². The highest BCUT2D eigenvalue weighted by Gasteiger charge is 2.77. The van der Waals surface area contributed by atoms with Gasteiger partial charge in [-0.3, -0.25) is 0 Å². The van der Waals surface area contributed by atoms with Crippen molar-refractivity contribution >= 4 is 31.9 Å². The van der Waals surface area contributed by atoms with Crippen molar-refractivity contribution in [3.05, 3.63) is 254 Å². The van der Waals surface area contributed by atoms with Crippen molar-refractivity contribution in [2.45, 2.75) is 423 Å². The summed E-state index contributed by atoms with van der Waals surface area (Å²) in [5, 5.41) is -6.13. The largest absolute Gasteiger partial charge is 0.497 e. The lowest BCUT2D eigenvalue weighted by atomic mass is 9.74. The molecule has 9 aliphatic rings. The molecule has 136 heavy (non-hydrogen) atoms. The van der Waals surface area contributed by atoms with Crippen molar-refractivity contribution < 1.29 is 57.9 Å². The molecule has 16 heteroatoms. The maximum absolute atomic E-state index is 14.7. The highest BCUT2D eigenvalue weighted by molar-refractivity contribution is 7.97. The molecule has 9 aliphatic carbocycles. The van der Waals surface area contributed by atoms with E-state index in [1.165, 1.54) is 233 Å². The predicted octanol–water partition coefficient (Wildman–Crippen LogP) is 35.9. The van der Waals surface area contributed by atoms with Crippen LogP contribution < -0.4 is 23.1 Å². The summed E-state index contributed by atoms with van der Waals surface area (Å²) in [5.74, 6) is -3.22. The van der Waals surface area contributed by atoms with Gasteiger partial charge < -0.3 is 23.1 Å². The van der Waals surface area contributed by atoms with Gasteiger partial charge in [0.05, 0.1) is 50.2 Å². The van der Waals surface area contributed by atoms with Crippen molar-refractivity contribution in [2.75, 3.05) is 28.4 Å². The van der Waals surface area contributed by atoms with Crippen LogP contribution in [-0.2, 0) is 31.9 Å². The molecule has 0 aromatic heterocycles. The Morgan fingerprint density at radius 3 is 0.779 bits per heavy atom. The minimum absolute atomic E-state index is 0.155. The number of rotatable bonds is 24. The van der Waals surface area contributed by atoms with Crippen LogP contribution in [0.4, 0.5) is 26.3 Å². The van der Waals surface area contributed by atoms with Crippen molar-refractivity contribution in [1.29, 1.82) is 0 Å². The first-order chi connectivity index (χ1) is 65.8. The van der Waals surface area contributed by atoms with Crippen molar-refractivity contribution in [3.63, 3.8) is 0 Å². The summed E-state index contributed by atoms with van der Waals surface area (Å²) < 4.78 is 137. The zero-order valence-electron chi connectivity index (χ0n) is 83.2. The van der Waals surface area contributed by atoms with E-state index in [1.807, 2.05) is 60.7 Å². The molecule has 0 aliphatic heterocycles. The van der Waals surface area contributed by atoms with Crippen LogP contribution in [0.5, 0.6) is 28.7 Å². The summed E-state index contributed by atoms with van der Waals surface area (Å²) in [6, 6.07) is 65.1. The van der Waals surface area contributed by atoms with Gasteiger partial charge in [-0.25, -0.2) is 0 Å². The standard InChI is InChI=1S/C28H38F6O3S.2C25H38.2C21H21O2S/c1-26(29,30)27(31,32)28(33,34)38(35,36)37-25-23(20-13-7-3-8-14-20)17-22(19-11-5-2-6-12-19)18-24(25)21-15-9-4-10-16-21;2*1-19-24(21-13-7-3-8-14-21)17-23(20-11-5-2-6-12-20)18-25(19)22-15-9-4-10-16-22;1-16-4-10-19(11-5-16)24(20-12-6-17(22-2)7-13-20)21-14-8-18(23-3)9-15-21;1-16-7-4-10-19(13-16)24(20-11-5-8-17(14-20)22-2)21-12-6-9-18(15-21)23-3/h17-21H,2-16H2,1H3;2*17-18,20-22H,2-16H2,1H3;2*4-15H,1-3H3/q;;;2*+1. The maximum Gasteiger partial charge on any atom is 0.449 e. The fraction of sp³-hybridized carbons (Fsp3) is 0.550. The lowest BCUT2D eigenvalue weighted by Crippen LogP contribution is -2.57. The molecule has 0 heterocycles. The summed E-state index contributed by atoms with van der Waals surface area (Å²) in [6.45, 7) is 8.76. The normalized spacial score (nSPS) is 18.9. The number of alkyl halides is 6. The first-order valence-corrected chi connectivity index (χ1v) is 56.4. The summed E-state index contributed by atoms with van der Waals surface area (Å²) in [4.78, 5) is 7.59. The lowest BCUT2D eigenvalue weighted by molar-refractivity contribution is -0.272. The van der Waals surface area contributed by atoms with Crippen LogP contribution in [0, 0.1) is 27.7 Å². The van der Waals surface area contributed by atoms with Gasteiger partial charge in [0.2, 0.25) is 0 Å². The van der Waals surface area contributed by atoms with E-state index in [1.54, 1.807) is 72.9 Å². The molecule has 736 valence electrons. The van der Waals surface area contributed by atoms with E-state index in [9.17, 15) is 34.8 Å². The zero-order valence-corrected chi connectivity index (χ0v) is 85.6. The molecule has 0 atom stereocenters. The minimum Gasteiger partial charge on any atom is -0.497 e. The van der Waals surface area contributed by atoms with E-state index in [-0.39, 0.29) is 45.3 Å². The van der Waals surface area contributed by atoms with E-state index in [2.05, 4.69) is 149 Å². The SMILES string of the molecule is CC(F)(F)C(F)(F)C(F)(F)S(=O)(=O)Oc1c(C2CCCCC2)cc(C2CCCCC2)cc1C1CCCCC1.COc1ccc([S+](c2ccc(C)cc2)c2ccc(OC)cc2)cc1.COc1cccc([S+](c2cccc(C)c2)c2cccc(OC)c2)c1.Cc1c(C2CCCCC2)cc(C2CCCCC2)cc1C1CCCCC1.Cc1c(C2CCCCC2)cc(C2CCCCC2)cc1C1CCCCC1. The Morgan fingerprint density at radius 2 is 0.507 bits per heavy atom. The molecule has 0 amide bonds. The second-order valence-electron chi connectivity index (χ2n) is 41.2. The first-order valence-electron chi connectivity index (χ1n) is 52.6. The molecule has 0 saturated heterocycles.